The zero-order valence-corrected chi connectivity index (χ0v) is 9.78. The minimum absolute atomic E-state index is 0.140. The molecule has 3 unspecified atom stereocenters. The lowest BCUT2D eigenvalue weighted by Crippen LogP contribution is -2.39. The van der Waals surface area contributed by atoms with Crippen LogP contribution in [0.1, 0.15) is 39.0 Å². The van der Waals surface area contributed by atoms with Crippen molar-refractivity contribution in [2.24, 2.45) is 0 Å². The van der Waals surface area contributed by atoms with Crippen LogP contribution in [0.25, 0.3) is 0 Å². The first kappa shape index (κ1) is 11.4. The lowest BCUT2D eigenvalue weighted by Gasteiger charge is -2.21. The number of hydrogen-bond donors (Lipinski definition) is 2. The Balaban J connectivity index is 1.63. The molecule has 0 radical (unpaired) electrons. The van der Waals surface area contributed by atoms with Gasteiger partial charge in [-0.2, -0.15) is 0 Å². The van der Waals surface area contributed by atoms with Crippen LogP contribution in [0.3, 0.4) is 0 Å². The van der Waals surface area contributed by atoms with Gasteiger partial charge in [-0.05, 0) is 52.1 Å². The molecule has 2 aliphatic heterocycles. The van der Waals surface area contributed by atoms with Crippen molar-refractivity contribution >= 4 is 0 Å². The first-order valence-corrected chi connectivity index (χ1v) is 6.43. The van der Waals surface area contributed by atoms with E-state index in [2.05, 4.69) is 10.2 Å². The van der Waals surface area contributed by atoms with E-state index in [1.807, 2.05) is 6.92 Å². The molecule has 0 saturated carbocycles. The quantitative estimate of drug-likeness (QED) is 0.667. The van der Waals surface area contributed by atoms with Crippen LogP contribution in [0.4, 0.5) is 0 Å². The Hall–Kier alpha value is -0.120. The van der Waals surface area contributed by atoms with Crippen molar-refractivity contribution in [3.63, 3.8) is 0 Å². The molecule has 88 valence electrons. The van der Waals surface area contributed by atoms with Crippen molar-refractivity contribution in [1.29, 1.82) is 0 Å². The van der Waals surface area contributed by atoms with Crippen molar-refractivity contribution < 1.29 is 5.11 Å². The lowest BCUT2D eigenvalue weighted by atomic mass is 10.1. The first-order valence-electron chi connectivity index (χ1n) is 6.43. The van der Waals surface area contributed by atoms with Gasteiger partial charge in [-0.15, -0.1) is 0 Å². The Labute approximate surface area is 92.8 Å². The predicted molar refractivity (Wildman–Crippen MR) is 61.9 cm³/mol. The molecule has 0 amide bonds. The monoisotopic (exact) mass is 212 g/mol. The van der Waals surface area contributed by atoms with E-state index in [9.17, 15) is 0 Å². The van der Waals surface area contributed by atoms with E-state index >= 15 is 0 Å². The minimum atomic E-state index is -0.140. The molecule has 2 N–H and O–H groups in total. The third-order valence-corrected chi connectivity index (χ3v) is 3.81. The molecule has 0 aromatic rings. The summed E-state index contributed by atoms with van der Waals surface area (Å²) in [5.41, 5.74) is 0. The molecule has 2 saturated heterocycles. The maximum atomic E-state index is 9.16. The molecule has 0 bridgehead atoms. The smallest absolute Gasteiger partial charge is 0.0512 e. The van der Waals surface area contributed by atoms with E-state index < -0.39 is 0 Å². The van der Waals surface area contributed by atoms with Crippen molar-refractivity contribution in [3.05, 3.63) is 0 Å². The Morgan fingerprint density at radius 3 is 3.07 bits per heavy atom. The molecule has 0 aliphatic carbocycles. The topological polar surface area (TPSA) is 35.5 Å². The standard InChI is InChI=1S/C12H24N2O/c1-10(15)4-2-7-13-11-6-9-14-8-3-5-12(11)14/h10-13,15H,2-9H2,1H3. The summed E-state index contributed by atoms with van der Waals surface area (Å²) in [5.74, 6) is 0. The Bertz CT molecular complexity index is 196. The summed E-state index contributed by atoms with van der Waals surface area (Å²) < 4.78 is 0. The van der Waals surface area contributed by atoms with E-state index in [4.69, 9.17) is 5.11 Å². The minimum Gasteiger partial charge on any atom is -0.393 e. The van der Waals surface area contributed by atoms with E-state index in [0.29, 0.717) is 0 Å². The van der Waals surface area contributed by atoms with Gasteiger partial charge < -0.3 is 10.4 Å². The molecule has 2 fully saturated rings. The van der Waals surface area contributed by atoms with Crippen molar-refractivity contribution in [1.82, 2.24) is 10.2 Å². The van der Waals surface area contributed by atoms with Gasteiger partial charge in [0, 0.05) is 18.6 Å². The van der Waals surface area contributed by atoms with Gasteiger partial charge in [-0.1, -0.05) is 0 Å². The highest BCUT2D eigenvalue weighted by Gasteiger charge is 2.36. The predicted octanol–water partition coefficient (Wildman–Crippen LogP) is 0.974. The average molecular weight is 212 g/mol. The number of rotatable bonds is 5. The fourth-order valence-electron chi connectivity index (χ4n) is 3.01. The van der Waals surface area contributed by atoms with Gasteiger partial charge in [0.1, 0.15) is 0 Å². The molecule has 2 aliphatic rings. The van der Waals surface area contributed by atoms with Crippen LogP contribution < -0.4 is 5.32 Å². The van der Waals surface area contributed by atoms with Crippen molar-refractivity contribution in [3.8, 4) is 0 Å². The summed E-state index contributed by atoms with van der Waals surface area (Å²) in [5, 5.41) is 12.8. The number of hydrogen-bond acceptors (Lipinski definition) is 3. The first-order chi connectivity index (χ1) is 7.27. The fourth-order valence-corrected chi connectivity index (χ4v) is 3.01. The fraction of sp³-hybridized carbons (Fsp3) is 1.00. The molecule has 3 atom stereocenters. The normalized spacial score (nSPS) is 33.2. The second-order valence-corrected chi connectivity index (χ2v) is 5.09. The second kappa shape index (κ2) is 5.28. The Morgan fingerprint density at radius 1 is 1.40 bits per heavy atom. The van der Waals surface area contributed by atoms with Gasteiger partial charge >= 0.3 is 0 Å². The molecule has 3 nitrogen and oxygen atoms in total. The zero-order valence-electron chi connectivity index (χ0n) is 9.78. The van der Waals surface area contributed by atoms with Crippen molar-refractivity contribution in [2.45, 2.75) is 57.2 Å². The SMILES string of the molecule is CC(O)CCCNC1CCN2CCCC12. The molecule has 15 heavy (non-hydrogen) atoms. The average Bonchev–Trinajstić information content (AvgIpc) is 2.74. The van der Waals surface area contributed by atoms with Crippen LogP contribution in [0, 0.1) is 0 Å². The highest BCUT2D eigenvalue weighted by atomic mass is 16.3. The highest BCUT2D eigenvalue weighted by molar-refractivity contribution is 4.95. The summed E-state index contributed by atoms with van der Waals surface area (Å²) in [6.07, 6.45) is 5.97. The lowest BCUT2D eigenvalue weighted by molar-refractivity contribution is 0.180. The number of fused-ring (bicyclic) bond motifs is 1. The van der Waals surface area contributed by atoms with E-state index in [1.54, 1.807) is 0 Å². The molecule has 0 aromatic carbocycles. The molecule has 2 rings (SSSR count). The van der Waals surface area contributed by atoms with Crippen LogP contribution >= 0.6 is 0 Å². The second-order valence-electron chi connectivity index (χ2n) is 5.09. The molecule has 3 heteroatoms. The number of nitrogens with zero attached hydrogens (tertiary/aromatic N) is 1. The molecular weight excluding hydrogens is 188 g/mol. The zero-order chi connectivity index (χ0) is 10.7. The number of nitrogens with one attached hydrogen (secondary N) is 1. The van der Waals surface area contributed by atoms with E-state index in [0.717, 1.165) is 31.5 Å². The summed E-state index contributed by atoms with van der Waals surface area (Å²) in [6, 6.07) is 1.54. The van der Waals surface area contributed by atoms with Crippen LogP contribution in [-0.2, 0) is 0 Å². The summed E-state index contributed by atoms with van der Waals surface area (Å²) in [6.45, 7) is 5.55. The van der Waals surface area contributed by atoms with Gasteiger partial charge in [-0.25, -0.2) is 0 Å². The summed E-state index contributed by atoms with van der Waals surface area (Å²) in [4.78, 5) is 2.63. The Morgan fingerprint density at radius 2 is 2.27 bits per heavy atom. The largest absolute Gasteiger partial charge is 0.393 e. The van der Waals surface area contributed by atoms with Gasteiger partial charge in [-0.3, -0.25) is 4.90 Å². The summed E-state index contributed by atoms with van der Waals surface area (Å²) >= 11 is 0. The van der Waals surface area contributed by atoms with Crippen LogP contribution in [0.2, 0.25) is 0 Å². The number of aliphatic hydroxyl groups excluding tert-OH is 1. The molecule has 0 aromatic heterocycles. The number of aliphatic hydroxyl groups is 1. The van der Waals surface area contributed by atoms with Gasteiger partial charge in [0.05, 0.1) is 6.10 Å². The van der Waals surface area contributed by atoms with Gasteiger partial charge in [0.2, 0.25) is 0 Å². The van der Waals surface area contributed by atoms with Crippen LogP contribution in [0.15, 0.2) is 0 Å². The maximum Gasteiger partial charge on any atom is 0.0512 e. The van der Waals surface area contributed by atoms with Crippen molar-refractivity contribution in [2.75, 3.05) is 19.6 Å². The van der Waals surface area contributed by atoms with Gasteiger partial charge in [0.25, 0.3) is 0 Å². The Kier molecular flexibility index (Phi) is 4.00. The third-order valence-electron chi connectivity index (χ3n) is 3.81. The van der Waals surface area contributed by atoms with E-state index in [-0.39, 0.29) is 6.10 Å². The third kappa shape index (κ3) is 2.92. The molecule has 2 heterocycles. The van der Waals surface area contributed by atoms with Gasteiger partial charge in [0.15, 0.2) is 0 Å². The van der Waals surface area contributed by atoms with Crippen LogP contribution in [0.5, 0.6) is 0 Å². The van der Waals surface area contributed by atoms with E-state index in [1.165, 1.54) is 32.4 Å². The summed E-state index contributed by atoms with van der Waals surface area (Å²) in [7, 11) is 0. The molecular formula is C12H24N2O. The van der Waals surface area contributed by atoms with Crippen LogP contribution in [-0.4, -0.2) is 47.8 Å². The highest BCUT2D eigenvalue weighted by Crippen LogP contribution is 2.27. The molecule has 0 spiro atoms. The maximum absolute atomic E-state index is 9.16.